The van der Waals surface area contributed by atoms with E-state index in [0.29, 0.717) is 60.8 Å². The summed E-state index contributed by atoms with van der Waals surface area (Å²) in [6, 6.07) is 21.4. The maximum Gasteiger partial charge on any atom is 0.335 e. The van der Waals surface area contributed by atoms with E-state index in [9.17, 15) is 20.3 Å². The number of imidazole rings is 1. The number of nitrogens with zero attached hydrogens (tertiary/aromatic N) is 4. The minimum Gasteiger partial charge on any atom is -0.478 e. The summed E-state index contributed by atoms with van der Waals surface area (Å²) in [6.45, 7) is 1.27. The van der Waals surface area contributed by atoms with Gasteiger partial charge in [0, 0.05) is 24.7 Å². The number of halogens is 1. The molecule has 2 N–H and O–H groups in total. The number of aliphatic hydroxyl groups excluding tert-OH is 1. The second-order valence-corrected chi connectivity index (χ2v) is 11.4. The lowest BCUT2D eigenvalue weighted by Crippen LogP contribution is -2.31. The number of rotatable bonds is 5. The number of carboxylic acid groups (broad SMARTS) is 1. The van der Waals surface area contributed by atoms with Crippen LogP contribution in [-0.4, -0.2) is 43.4 Å². The first kappa shape index (κ1) is 28.6. The van der Waals surface area contributed by atoms with Crippen molar-refractivity contribution in [2.75, 3.05) is 6.61 Å². The lowest BCUT2D eigenvalue weighted by Gasteiger charge is -2.27. The van der Waals surface area contributed by atoms with Crippen LogP contribution in [0.5, 0.6) is 5.88 Å². The van der Waals surface area contributed by atoms with Crippen molar-refractivity contribution < 1.29 is 28.9 Å². The number of ether oxygens (including phenoxy) is 2. The number of aryl methyl sites for hydroxylation is 1. The van der Waals surface area contributed by atoms with E-state index in [-0.39, 0.29) is 23.8 Å². The summed E-state index contributed by atoms with van der Waals surface area (Å²) in [5.41, 5.74) is 5.76. The molecule has 7 rings (SSSR count). The first-order valence-corrected chi connectivity index (χ1v) is 14.8. The van der Waals surface area contributed by atoms with Crippen molar-refractivity contribution in [3.8, 4) is 23.2 Å². The molecular weight excluding hydrogens is 575 g/mol. The van der Waals surface area contributed by atoms with Crippen LogP contribution in [0.3, 0.4) is 0 Å². The lowest BCUT2D eigenvalue weighted by molar-refractivity contribution is -0.0589. The first-order valence-electron chi connectivity index (χ1n) is 14.8. The largest absolute Gasteiger partial charge is 0.478 e. The van der Waals surface area contributed by atoms with E-state index in [2.05, 4.69) is 11.1 Å². The lowest BCUT2D eigenvalue weighted by atomic mass is 9.92. The van der Waals surface area contributed by atoms with Crippen LogP contribution in [0.15, 0.2) is 66.7 Å². The smallest absolute Gasteiger partial charge is 0.335 e. The maximum atomic E-state index is 15.2. The van der Waals surface area contributed by atoms with E-state index in [1.54, 1.807) is 24.3 Å². The molecular formula is C35H29FN4O5. The van der Waals surface area contributed by atoms with Gasteiger partial charge in [-0.05, 0) is 77.9 Å². The van der Waals surface area contributed by atoms with Crippen LogP contribution in [-0.2, 0) is 30.7 Å². The topological polar surface area (TPSA) is 130 Å². The fraction of sp³-hybridized carbons (Fsp3) is 0.257. The molecule has 0 amide bonds. The molecule has 10 heteroatoms. The van der Waals surface area contributed by atoms with Gasteiger partial charge in [-0.1, -0.05) is 24.3 Å². The average molecular weight is 605 g/mol. The van der Waals surface area contributed by atoms with E-state index in [4.69, 9.17) is 14.5 Å². The molecule has 1 unspecified atom stereocenters. The normalized spacial score (nSPS) is 17.5. The molecule has 0 radical (unpaired) electrons. The summed E-state index contributed by atoms with van der Waals surface area (Å²) in [7, 11) is 0. The Morgan fingerprint density at radius 1 is 1.07 bits per heavy atom. The Hall–Kier alpha value is -5.11. The molecule has 1 saturated heterocycles. The Kier molecular flexibility index (Phi) is 7.49. The van der Waals surface area contributed by atoms with Gasteiger partial charge in [-0.15, -0.1) is 0 Å². The van der Waals surface area contributed by atoms with Crippen molar-refractivity contribution in [3.05, 3.63) is 112 Å². The Balaban J connectivity index is 1.31. The monoisotopic (exact) mass is 604 g/mol. The van der Waals surface area contributed by atoms with Gasteiger partial charge < -0.3 is 24.3 Å². The van der Waals surface area contributed by atoms with Crippen molar-refractivity contribution in [1.29, 1.82) is 5.26 Å². The van der Waals surface area contributed by atoms with E-state index in [0.717, 1.165) is 40.4 Å². The molecule has 4 heterocycles. The number of fused-ring (bicyclic) bond motifs is 7. The van der Waals surface area contributed by atoms with Gasteiger partial charge in [0.2, 0.25) is 5.88 Å². The molecule has 45 heavy (non-hydrogen) atoms. The third-order valence-corrected chi connectivity index (χ3v) is 8.58. The molecule has 3 aromatic carbocycles. The summed E-state index contributed by atoms with van der Waals surface area (Å²) in [6.07, 6.45) is 1.16. The van der Waals surface area contributed by atoms with Gasteiger partial charge in [0.25, 0.3) is 0 Å². The second kappa shape index (κ2) is 11.8. The third kappa shape index (κ3) is 5.64. The zero-order valence-electron chi connectivity index (χ0n) is 24.2. The Morgan fingerprint density at radius 2 is 1.93 bits per heavy atom. The molecule has 2 aliphatic heterocycles. The molecule has 0 saturated carbocycles. The summed E-state index contributed by atoms with van der Waals surface area (Å²) in [5.74, 6) is -0.868. The van der Waals surface area contributed by atoms with Crippen LogP contribution in [0.25, 0.3) is 22.3 Å². The van der Waals surface area contributed by atoms with Crippen LogP contribution in [0.2, 0.25) is 0 Å². The van der Waals surface area contributed by atoms with Gasteiger partial charge >= 0.3 is 5.97 Å². The SMILES string of the molecule is N#Cc1ccc2c(c1)C(O)CCc1cc(ccc1Cc1nc3c(F)cc(C(=O)O)cc3n1C[C@@H]1CCO1)-c1cccc(n1)OC2. The molecule has 2 atom stereocenters. The number of aliphatic hydroxyl groups is 1. The Bertz CT molecular complexity index is 1990. The third-order valence-electron chi connectivity index (χ3n) is 8.58. The van der Waals surface area contributed by atoms with Crippen LogP contribution >= 0.6 is 0 Å². The minimum absolute atomic E-state index is 0.0666. The van der Waals surface area contributed by atoms with Gasteiger partial charge in [-0.2, -0.15) is 5.26 Å². The van der Waals surface area contributed by atoms with Crippen LogP contribution < -0.4 is 4.74 Å². The molecule has 2 aromatic heterocycles. The summed E-state index contributed by atoms with van der Waals surface area (Å²) in [5, 5.41) is 30.4. The molecule has 0 spiro atoms. The summed E-state index contributed by atoms with van der Waals surface area (Å²) in [4.78, 5) is 21.1. The molecule has 1 fully saturated rings. The predicted octanol–water partition coefficient (Wildman–Crippen LogP) is 5.75. The van der Waals surface area contributed by atoms with Gasteiger partial charge in [-0.3, -0.25) is 0 Å². The number of carbonyl (C=O) groups is 1. The van der Waals surface area contributed by atoms with Gasteiger partial charge in [0.1, 0.15) is 17.9 Å². The number of nitriles is 1. The number of carboxylic acids is 1. The van der Waals surface area contributed by atoms with E-state index in [1.807, 2.05) is 34.9 Å². The van der Waals surface area contributed by atoms with E-state index < -0.39 is 17.9 Å². The standard InChI is InChI=1S/C35H29FN4O5/c36-28-14-25(35(42)43)15-30-34(28)39-32(40(30)18-26-10-11-44-26)16-22-6-7-23-13-21(22)8-9-31(41)27-12-20(17-37)4-5-24(27)19-45-33-3-1-2-29(23)38-33/h1-7,12-15,26,31,41H,8-11,16,18-19H2,(H,42,43)/t26-,31?/m0/s1. The van der Waals surface area contributed by atoms with Crippen molar-refractivity contribution in [2.24, 2.45) is 0 Å². The highest BCUT2D eigenvalue weighted by Crippen LogP contribution is 2.32. The predicted molar refractivity (Wildman–Crippen MR) is 162 cm³/mol. The zero-order valence-corrected chi connectivity index (χ0v) is 24.2. The number of hydrogen-bond donors (Lipinski definition) is 2. The number of aromatic nitrogens is 3. The molecule has 0 aliphatic carbocycles. The average Bonchev–Trinajstić information content (AvgIpc) is 3.37. The van der Waals surface area contributed by atoms with Crippen molar-refractivity contribution in [2.45, 2.75) is 51.0 Å². The second-order valence-electron chi connectivity index (χ2n) is 11.4. The highest BCUT2D eigenvalue weighted by molar-refractivity contribution is 5.92. The number of pyridine rings is 1. The molecule has 9 nitrogen and oxygen atoms in total. The Morgan fingerprint density at radius 3 is 2.71 bits per heavy atom. The summed E-state index contributed by atoms with van der Waals surface area (Å²) >= 11 is 0. The maximum absolute atomic E-state index is 15.2. The molecule has 5 aromatic rings. The number of aromatic carboxylic acids is 1. The molecule has 226 valence electrons. The Labute approximate surface area is 258 Å². The van der Waals surface area contributed by atoms with E-state index >= 15 is 4.39 Å². The number of benzene rings is 3. The summed E-state index contributed by atoms with van der Waals surface area (Å²) < 4.78 is 28.7. The molecule has 2 aliphatic rings. The van der Waals surface area contributed by atoms with Gasteiger partial charge in [0.15, 0.2) is 5.82 Å². The van der Waals surface area contributed by atoms with Crippen molar-refractivity contribution in [3.63, 3.8) is 0 Å². The fourth-order valence-corrected chi connectivity index (χ4v) is 6.05. The van der Waals surface area contributed by atoms with Gasteiger partial charge in [-0.25, -0.2) is 19.2 Å². The quantitative estimate of drug-likeness (QED) is 0.260. The first-order chi connectivity index (χ1) is 21.9. The van der Waals surface area contributed by atoms with Crippen LogP contribution in [0.4, 0.5) is 4.39 Å². The highest BCUT2D eigenvalue weighted by atomic mass is 19.1. The van der Waals surface area contributed by atoms with E-state index in [1.165, 1.54) is 6.07 Å². The fourth-order valence-electron chi connectivity index (χ4n) is 6.05. The van der Waals surface area contributed by atoms with Crippen LogP contribution in [0, 0.1) is 17.1 Å². The van der Waals surface area contributed by atoms with Crippen molar-refractivity contribution in [1.82, 2.24) is 14.5 Å². The number of hydrogen-bond acceptors (Lipinski definition) is 7. The zero-order chi connectivity index (χ0) is 31.1. The molecule has 4 bridgehead atoms. The van der Waals surface area contributed by atoms with Crippen LogP contribution in [0.1, 0.15) is 62.9 Å². The van der Waals surface area contributed by atoms with Crippen molar-refractivity contribution >= 4 is 17.0 Å². The minimum atomic E-state index is -1.21. The van der Waals surface area contributed by atoms with Gasteiger partial charge in [0.05, 0.1) is 47.2 Å². The highest BCUT2D eigenvalue weighted by Gasteiger charge is 2.25.